The molecule has 0 aliphatic heterocycles. The van der Waals surface area contributed by atoms with Crippen molar-refractivity contribution in [2.45, 2.75) is 96.0 Å². The van der Waals surface area contributed by atoms with E-state index in [9.17, 15) is 38.7 Å². The smallest absolute Gasteiger partial charge is 0.328 e. The highest BCUT2D eigenvalue weighted by Gasteiger charge is 2.34. The number of rotatable bonds is 25. The third kappa shape index (κ3) is 16.6. The van der Waals surface area contributed by atoms with Crippen LogP contribution in [0, 0.1) is 5.92 Å². The number of benzene rings is 3. The molecule has 17 heteroatoms. The summed E-state index contributed by atoms with van der Waals surface area (Å²) < 4.78 is 21.1. The molecule has 0 unspecified atom stereocenters. The van der Waals surface area contributed by atoms with Crippen LogP contribution in [0.5, 0.6) is 11.5 Å². The molecule has 0 fully saturated rings. The number of methoxy groups -OCH3 is 2. The molecule has 0 radical (unpaired) electrons. The highest BCUT2D eigenvalue weighted by molar-refractivity contribution is 5.97. The average molecular weight is 836 g/mol. The Balaban J connectivity index is 1.58. The van der Waals surface area contributed by atoms with Gasteiger partial charge in [-0.25, -0.2) is 4.79 Å². The van der Waals surface area contributed by atoms with Crippen LogP contribution in [0.1, 0.15) is 64.9 Å². The number of hydrogen-bond acceptors (Lipinski definition) is 12. The van der Waals surface area contributed by atoms with Crippen molar-refractivity contribution in [2.24, 2.45) is 11.7 Å². The lowest BCUT2D eigenvalue weighted by Crippen LogP contribution is -2.60. The van der Waals surface area contributed by atoms with Crippen LogP contribution in [0.4, 0.5) is 0 Å². The maximum Gasteiger partial charge on any atom is 0.328 e. The van der Waals surface area contributed by atoms with E-state index in [4.69, 9.17) is 19.9 Å². The Labute approximate surface area is 349 Å². The second-order valence-corrected chi connectivity index (χ2v) is 14.6. The first-order valence-corrected chi connectivity index (χ1v) is 19.7. The van der Waals surface area contributed by atoms with E-state index in [0.29, 0.717) is 30.1 Å². The second-order valence-electron chi connectivity index (χ2n) is 14.6. The molecule has 0 saturated carbocycles. The maximum atomic E-state index is 13.6. The summed E-state index contributed by atoms with van der Waals surface area (Å²) in [5.41, 5.74) is 6.12. The molecule has 7 N–H and O–H groups in total. The van der Waals surface area contributed by atoms with E-state index in [1.54, 1.807) is 50.2 Å². The van der Waals surface area contributed by atoms with E-state index >= 15 is 0 Å². The van der Waals surface area contributed by atoms with E-state index in [-0.39, 0.29) is 50.6 Å². The van der Waals surface area contributed by atoms with Crippen molar-refractivity contribution in [2.75, 3.05) is 27.4 Å². The van der Waals surface area contributed by atoms with Crippen molar-refractivity contribution < 1.29 is 57.6 Å². The number of nitrogens with one attached hydrogen (secondary N) is 4. The predicted octanol–water partition coefficient (Wildman–Crippen LogP) is 1.99. The number of aliphatic hydroxyl groups is 1. The van der Waals surface area contributed by atoms with Crippen molar-refractivity contribution in [3.05, 3.63) is 72.3 Å². The number of hydrogen-bond donors (Lipinski definition) is 6. The fourth-order valence-corrected chi connectivity index (χ4v) is 6.07. The third-order valence-corrected chi connectivity index (χ3v) is 9.17. The van der Waals surface area contributed by atoms with E-state index in [0.717, 1.165) is 17.9 Å². The standard InChI is InChI=1S/C43H57N5O12/c1-26(2)21-33(40(53)45-34(25-36(44)50)41(54)47-35(43(56)58-5)22-28-11-7-6-8-12-28)46-42(55)39(27(3)49)48-37(51)13-9-19-59-31-17-15-29-16-18-32(24-30(29)23-31)60-20-10-14-38(52)57-4/h6-8,11-12,15-18,23-24,26-27,33-35,39,49H,9-10,13-14,19-22,25H2,1-5H3,(H2,44,50)(H,45,53)(H,46,55)(H,47,54)(H,48,51)/t27-,33+,34+,35+,39+/m1/s1. The normalized spacial score (nSPS) is 13.4. The molecular weight excluding hydrogens is 778 g/mol. The number of nitrogens with two attached hydrogens (primary N) is 1. The van der Waals surface area contributed by atoms with Gasteiger partial charge < -0.3 is 51.1 Å². The lowest BCUT2D eigenvalue weighted by Gasteiger charge is -2.27. The lowest BCUT2D eigenvalue weighted by atomic mass is 10.0. The molecule has 5 atom stereocenters. The molecule has 0 bridgehead atoms. The summed E-state index contributed by atoms with van der Waals surface area (Å²) in [5, 5.41) is 22.4. The van der Waals surface area contributed by atoms with Crippen molar-refractivity contribution in [1.29, 1.82) is 0 Å². The number of esters is 2. The van der Waals surface area contributed by atoms with Crippen LogP contribution in [-0.2, 0) is 49.5 Å². The van der Waals surface area contributed by atoms with Crippen LogP contribution in [-0.4, -0.2) is 104 Å². The minimum absolute atomic E-state index is 0.0513. The Morgan fingerprint density at radius 3 is 1.78 bits per heavy atom. The molecule has 326 valence electrons. The van der Waals surface area contributed by atoms with Gasteiger partial charge in [-0.2, -0.15) is 0 Å². The molecular formula is C43H57N5O12. The summed E-state index contributed by atoms with van der Waals surface area (Å²) in [5.74, 6) is -4.05. The van der Waals surface area contributed by atoms with Gasteiger partial charge in [-0.05, 0) is 72.7 Å². The number of fused-ring (bicyclic) bond motifs is 1. The van der Waals surface area contributed by atoms with E-state index in [2.05, 4.69) is 26.0 Å². The van der Waals surface area contributed by atoms with Crippen molar-refractivity contribution in [1.82, 2.24) is 21.3 Å². The summed E-state index contributed by atoms with van der Waals surface area (Å²) in [6.07, 6.45) is -0.845. The first kappa shape index (κ1) is 48.1. The van der Waals surface area contributed by atoms with Crippen LogP contribution in [0.3, 0.4) is 0 Å². The highest BCUT2D eigenvalue weighted by Crippen LogP contribution is 2.25. The molecule has 5 amide bonds. The average Bonchev–Trinajstić information content (AvgIpc) is 3.21. The Kier molecular flexibility index (Phi) is 19.8. The molecule has 3 aromatic carbocycles. The minimum Gasteiger partial charge on any atom is -0.494 e. The molecule has 0 aromatic heterocycles. The van der Waals surface area contributed by atoms with Crippen LogP contribution in [0.25, 0.3) is 10.8 Å². The van der Waals surface area contributed by atoms with Crippen molar-refractivity contribution >= 4 is 52.2 Å². The number of aliphatic hydroxyl groups excluding tert-OH is 1. The topological polar surface area (TPSA) is 251 Å². The Hall–Kier alpha value is -6.23. The SMILES string of the molecule is COC(=O)CCCOc1ccc2ccc(OCCCC(=O)N[C@H](C(=O)N[C@@H](CC(C)C)C(=O)N[C@@H](CC(N)=O)C(=O)N[C@@H](Cc3ccccc3)C(=O)OC)[C@@H](C)O)cc2c1. The van der Waals surface area contributed by atoms with Gasteiger partial charge in [0.05, 0.1) is 40.0 Å². The third-order valence-electron chi connectivity index (χ3n) is 9.17. The number of carbonyl (C=O) groups excluding carboxylic acids is 7. The summed E-state index contributed by atoms with van der Waals surface area (Å²) in [4.78, 5) is 89.3. The van der Waals surface area contributed by atoms with Crippen molar-refractivity contribution in [3.63, 3.8) is 0 Å². The monoisotopic (exact) mass is 835 g/mol. The zero-order chi connectivity index (χ0) is 44.2. The van der Waals surface area contributed by atoms with Gasteiger partial charge in [0.25, 0.3) is 0 Å². The van der Waals surface area contributed by atoms with Gasteiger partial charge in [-0.3, -0.25) is 28.8 Å². The zero-order valence-corrected chi connectivity index (χ0v) is 34.7. The fourth-order valence-electron chi connectivity index (χ4n) is 6.07. The summed E-state index contributed by atoms with van der Waals surface area (Å²) in [7, 11) is 2.50. The fraction of sp³-hybridized carbons (Fsp3) is 0.465. The van der Waals surface area contributed by atoms with Gasteiger partial charge in [0.2, 0.25) is 29.5 Å². The first-order chi connectivity index (χ1) is 28.6. The van der Waals surface area contributed by atoms with Gasteiger partial charge in [0.1, 0.15) is 35.7 Å². The molecule has 3 rings (SSSR count). The quantitative estimate of drug-likeness (QED) is 0.0530. The molecule has 0 saturated heterocycles. The largest absolute Gasteiger partial charge is 0.494 e. The summed E-state index contributed by atoms with van der Waals surface area (Å²) in [6, 6.07) is 14.5. The zero-order valence-electron chi connectivity index (χ0n) is 34.7. The summed E-state index contributed by atoms with van der Waals surface area (Å²) in [6.45, 7) is 5.41. The molecule has 3 aromatic rings. The van der Waals surface area contributed by atoms with E-state index < -0.39 is 72.2 Å². The van der Waals surface area contributed by atoms with E-state index in [1.807, 2.05) is 30.3 Å². The Bertz CT molecular complexity index is 1920. The predicted molar refractivity (Wildman–Crippen MR) is 220 cm³/mol. The summed E-state index contributed by atoms with van der Waals surface area (Å²) >= 11 is 0. The van der Waals surface area contributed by atoms with Gasteiger partial charge in [0.15, 0.2) is 0 Å². The first-order valence-electron chi connectivity index (χ1n) is 19.7. The van der Waals surface area contributed by atoms with Crippen LogP contribution >= 0.6 is 0 Å². The molecule has 17 nitrogen and oxygen atoms in total. The van der Waals surface area contributed by atoms with Crippen LogP contribution in [0.15, 0.2) is 66.7 Å². The van der Waals surface area contributed by atoms with Gasteiger partial charge >= 0.3 is 11.9 Å². The van der Waals surface area contributed by atoms with Crippen LogP contribution in [0.2, 0.25) is 0 Å². The number of ether oxygens (including phenoxy) is 4. The molecule has 60 heavy (non-hydrogen) atoms. The second kappa shape index (κ2) is 24.6. The van der Waals surface area contributed by atoms with Gasteiger partial charge in [-0.1, -0.05) is 56.3 Å². The molecule has 0 aliphatic carbocycles. The lowest BCUT2D eigenvalue weighted by molar-refractivity contribution is -0.145. The number of primary amides is 1. The maximum absolute atomic E-state index is 13.6. The molecule has 0 spiro atoms. The Morgan fingerprint density at radius 1 is 0.667 bits per heavy atom. The number of carbonyl (C=O) groups is 7. The number of amides is 5. The highest BCUT2D eigenvalue weighted by atomic mass is 16.5. The van der Waals surface area contributed by atoms with Gasteiger partial charge in [-0.15, -0.1) is 0 Å². The van der Waals surface area contributed by atoms with Crippen LogP contribution < -0.4 is 36.5 Å². The van der Waals surface area contributed by atoms with E-state index in [1.165, 1.54) is 14.0 Å². The van der Waals surface area contributed by atoms with Crippen molar-refractivity contribution in [3.8, 4) is 11.5 Å². The Morgan fingerprint density at radius 2 is 1.23 bits per heavy atom. The van der Waals surface area contributed by atoms with Gasteiger partial charge in [0, 0.05) is 19.3 Å². The molecule has 0 heterocycles. The molecule has 0 aliphatic rings. The minimum atomic E-state index is -1.52.